The van der Waals surface area contributed by atoms with E-state index in [2.05, 4.69) is 60.7 Å². The normalized spacial score (nSPS) is 11.1. The van der Waals surface area contributed by atoms with Crippen molar-refractivity contribution in [1.29, 1.82) is 0 Å². The van der Waals surface area contributed by atoms with E-state index in [1.165, 1.54) is 11.1 Å². The molecule has 0 aliphatic rings. The lowest BCUT2D eigenvalue weighted by molar-refractivity contribution is 0.596. The van der Waals surface area contributed by atoms with Crippen molar-refractivity contribution in [2.75, 3.05) is 0 Å². The van der Waals surface area contributed by atoms with Gasteiger partial charge in [-0.3, -0.25) is 4.40 Å². The van der Waals surface area contributed by atoms with Gasteiger partial charge in [0.1, 0.15) is 12.0 Å². The number of rotatable bonds is 3. The third-order valence-corrected chi connectivity index (χ3v) is 4.57. The van der Waals surface area contributed by atoms with Gasteiger partial charge < -0.3 is 4.42 Å². The largest absolute Gasteiger partial charge is 0.432 e. The van der Waals surface area contributed by atoms with Crippen molar-refractivity contribution in [1.82, 2.24) is 9.38 Å². The Morgan fingerprint density at radius 2 is 1.19 bits per heavy atom. The van der Waals surface area contributed by atoms with Crippen LogP contribution in [0.1, 0.15) is 0 Å². The minimum absolute atomic E-state index is 0.603. The van der Waals surface area contributed by atoms with E-state index < -0.39 is 0 Å². The smallest absolute Gasteiger partial charge is 0.306 e. The van der Waals surface area contributed by atoms with Crippen molar-refractivity contribution in [2.45, 2.75) is 0 Å². The van der Waals surface area contributed by atoms with Gasteiger partial charge in [-0.2, -0.15) is 4.98 Å². The fourth-order valence-corrected chi connectivity index (χ4v) is 3.31. The Hall–Kier alpha value is -3.59. The van der Waals surface area contributed by atoms with Crippen LogP contribution in [0.5, 0.6) is 0 Å². The van der Waals surface area contributed by atoms with Crippen LogP contribution in [-0.4, -0.2) is 9.38 Å². The van der Waals surface area contributed by atoms with E-state index in [1.807, 2.05) is 34.9 Å². The second-order valence-corrected chi connectivity index (χ2v) is 6.17. The van der Waals surface area contributed by atoms with E-state index in [0.29, 0.717) is 5.84 Å². The lowest BCUT2D eigenvalue weighted by atomic mass is 10.0. The van der Waals surface area contributed by atoms with Gasteiger partial charge in [0.2, 0.25) is 0 Å². The molecule has 0 spiro atoms. The van der Waals surface area contributed by atoms with Gasteiger partial charge in [0.15, 0.2) is 0 Å². The van der Waals surface area contributed by atoms with Gasteiger partial charge in [0, 0.05) is 17.3 Å². The maximum Gasteiger partial charge on any atom is 0.306 e. The van der Waals surface area contributed by atoms with Gasteiger partial charge in [-0.25, -0.2) is 0 Å². The van der Waals surface area contributed by atoms with Crippen LogP contribution in [-0.2, 0) is 0 Å². The fraction of sp³-hybridized carbons (Fsp3) is 0. The average molecular weight is 336 g/mol. The summed E-state index contributed by atoms with van der Waals surface area (Å²) >= 11 is 0. The summed E-state index contributed by atoms with van der Waals surface area (Å²) in [4.78, 5) is 4.72. The van der Waals surface area contributed by atoms with E-state index >= 15 is 0 Å². The Balaban J connectivity index is 1.65. The molecule has 0 amide bonds. The third-order valence-electron chi connectivity index (χ3n) is 4.57. The maximum atomic E-state index is 5.53. The molecule has 0 saturated heterocycles. The van der Waals surface area contributed by atoms with Crippen LogP contribution >= 0.6 is 0 Å². The fourth-order valence-electron chi connectivity index (χ4n) is 3.31. The first-order valence-electron chi connectivity index (χ1n) is 8.57. The Kier molecular flexibility index (Phi) is 3.42. The third kappa shape index (κ3) is 2.42. The van der Waals surface area contributed by atoms with Crippen LogP contribution in [0.2, 0.25) is 0 Å². The molecule has 0 atom stereocenters. The number of hydrogen-bond acceptors (Lipinski definition) is 2. The molecule has 0 fully saturated rings. The van der Waals surface area contributed by atoms with Crippen LogP contribution < -0.4 is 0 Å². The van der Waals surface area contributed by atoms with Gasteiger partial charge in [-0.05, 0) is 11.1 Å². The molecule has 5 rings (SSSR count). The van der Waals surface area contributed by atoms with Crippen LogP contribution in [0.15, 0.2) is 102 Å². The zero-order valence-corrected chi connectivity index (χ0v) is 14.0. The topological polar surface area (TPSA) is 30.4 Å². The van der Waals surface area contributed by atoms with Crippen molar-refractivity contribution in [3.8, 4) is 33.6 Å². The van der Waals surface area contributed by atoms with Crippen molar-refractivity contribution in [3.05, 3.63) is 97.4 Å². The molecule has 124 valence electrons. The molecule has 5 aromatic rings. The minimum atomic E-state index is 0.603. The summed E-state index contributed by atoms with van der Waals surface area (Å²) in [6.07, 6.45) is 3.57. The first-order valence-corrected chi connectivity index (χ1v) is 8.57. The predicted octanol–water partition coefficient (Wildman–Crippen LogP) is 5.93. The monoisotopic (exact) mass is 336 g/mol. The van der Waals surface area contributed by atoms with Crippen molar-refractivity contribution in [2.24, 2.45) is 0 Å². The molecule has 3 heteroatoms. The second-order valence-electron chi connectivity index (χ2n) is 6.17. The van der Waals surface area contributed by atoms with Crippen LogP contribution in [0.4, 0.5) is 0 Å². The van der Waals surface area contributed by atoms with Gasteiger partial charge in [0.25, 0.3) is 0 Å². The summed E-state index contributed by atoms with van der Waals surface area (Å²) in [7, 11) is 0. The minimum Gasteiger partial charge on any atom is -0.432 e. The van der Waals surface area contributed by atoms with Crippen molar-refractivity contribution < 1.29 is 4.42 Å². The summed E-state index contributed by atoms with van der Waals surface area (Å²) in [5.41, 5.74) is 6.56. The molecule has 0 saturated carbocycles. The van der Waals surface area contributed by atoms with Crippen LogP contribution in [0.25, 0.3) is 39.5 Å². The highest BCUT2D eigenvalue weighted by Gasteiger charge is 2.17. The Bertz CT molecular complexity index is 1150. The summed E-state index contributed by atoms with van der Waals surface area (Å²) in [6.45, 7) is 0. The Labute approximate surface area is 151 Å². The predicted molar refractivity (Wildman–Crippen MR) is 104 cm³/mol. The lowest BCUT2D eigenvalue weighted by Crippen LogP contribution is -1.87. The van der Waals surface area contributed by atoms with Crippen molar-refractivity contribution >= 4 is 5.84 Å². The number of imidazole rings is 1. The molecule has 3 nitrogen and oxygen atoms in total. The first kappa shape index (κ1) is 14.7. The quantitative estimate of drug-likeness (QED) is 0.409. The van der Waals surface area contributed by atoms with E-state index in [4.69, 9.17) is 9.40 Å². The molecule has 0 aliphatic heterocycles. The molecule has 26 heavy (non-hydrogen) atoms. The van der Waals surface area contributed by atoms with Gasteiger partial charge >= 0.3 is 5.84 Å². The lowest BCUT2D eigenvalue weighted by Gasteiger charge is -2.06. The summed E-state index contributed by atoms with van der Waals surface area (Å²) in [5, 5.41) is 0. The van der Waals surface area contributed by atoms with Gasteiger partial charge in [-0.1, -0.05) is 84.9 Å². The highest BCUT2D eigenvalue weighted by molar-refractivity contribution is 5.82. The molecule has 3 aromatic carbocycles. The molecular formula is C23H16N2O. The van der Waals surface area contributed by atoms with Crippen LogP contribution in [0, 0.1) is 0 Å². The average Bonchev–Trinajstić information content (AvgIpc) is 3.31. The number of hydrogen-bond donors (Lipinski definition) is 0. The summed E-state index contributed by atoms with van der Waals surface area (Å²) in [6, 6.07) is 29.2. The SMILES string of the molecule is c1ccc(-c2ccc(-c3nc4occn4c3-c3ccccc3)cc2)cc1. The van der Waals surface area contributed by atoms with Crippen molar-refractivity contribution in [3.63, 3.8) is 0 Å². The van der Waals surface area contributed by atoms with E-state index in [1.54, 1.807) is 6.26 Å². The number of benzene rings is 3. The summed E-state index contributed by atoms with van der Waals surface area (Å²) < 4.78 is 7.52. The zero-order valence-electron chi connectivity index (χ0n) is 14.0. The second kappa shape index (κ2) is 6.05. The molecule has 2 aromatic heterocycles. The molecule has 0 unspecified atom stereocenters. The van der Waals surface area contributed by atoms with E-state index in [0.717, 1.165) is 22.5 Å². The molecule has 0 N–H and O–H groups in total. The maximum absolute atomic E-state index is 5.53. The number of oxazole rings is 1. The molecular weight excluding hydrogens is 320 g/mol. The van der Waals surface area contributed by atoms with E-state index in [9.17, 15) is 0 Å². The summed E-state index contributed by atoms with van der Waals surface area (Å²) in [5.74, 6) is 0.603. The van der Waals surface area contributed by atoms with Gasteiger partial charge in [0.05, 0.1) is 5.69 Å². The number of fused-ring (bicyclic) bond motifs is 1. The highest BCUT2D eigenvalue weighted by atomic mass is 16.3. The molecule has 0 bridgehead atoms. The Morgan fingerprint density at radius 1 is 0.615 bits per heavy atom. The molecule has 2 heterocycles. The number of nitrogens with zero attached hydrogens (tertiary/aromatic N) is 2. The zero-order chi connectivity index (χ0) is 17.3. The first-order chi connectivity index (χ1) is 12.9. The highest BCUT2D eigenvalue weighted by Crippen LogP contribution is 2.34. The van der Waals surface area contributed by atoms with Crippen LogP contribution in [0.3, 0.4) is 0 Å². The standard InChI is InChI=1S/C23H16N2O/c1-3-7-17(8-4-1)18-11-13-19(14-12-18)21-22(20-9-5-2-6-10-20)25-15-16-26-23(25)24-21/h1-16H. The number of aromatic nitrogens is 2. The molecule has 0 radical (unpaired) electrons. The Morgan fingerprint density at radius 3 is 1.88 bits per heavy atom. The van der Waals surface area contributed by atoms with Gasteiger partial charge in [-0.15, -0.1) is 0 Å². The molecule has 0 aliphatic carbocycles. The van der Waals surface area contributed by atoms with E-state index in [-0.39, 0.29) is 0 Å².